The molecule has 0 N–H and O–H groups in total. The molecule has 0 spiro atoms. The van der Waals surface area contributed by atoms with Gasteiger partial charge in [-0.25, -0.2) is 0 Å². The molecule has 0 amide bonds. The zero-order valence-corrected chi connectivity index (χ0v) is 27.5. The molecule has 2 heterocycles. The average Bonchev–Trinajstić information content (AvgIpc) is 3.65. The maximum atomic E-state index is 10.5. The summed E-state index contributed by atoms with van der Waals surface area (Å²) >= 11 is 0. The molecule has 0 radical (unpaired) electrons. The number of hydrogen-bond acceptors (Lipinski definition) is 3. The highest BCUT2D eigenvalue weighted by Crippen LogP contribution is 2.42. The monoisotopic (exact) mass is 639 g/mol. The predicted molar refractivity (Wildman–Crippen MR) is 202 cm³/mol. The largest absolute Gasteiger partial charge is 0.309 e. The lowest BCUT2D eigenvalue weighted by atomic mass is 9.89. The van der Waals surface area contributed by atoms with Crippen LogP contribution in [0.3, 0.4) is 0 Å². The predicted octanol–water partition coefficient (Wildman–Crippen LogP) is 11.0. The van der Waals surface area contributed by atoms with Gasteiger partial charge < -0.3 is 9.13 Å². The van der Waals surface area contributed by atoms with Crippen LogP contribution in [0.25, 0.3) is 72.4 Å². The van der Waals surface area contributed by atoms with Crippen LogP contribution < -0.4 is 0 Å². The van der Waals surface area contributed by atoms with E-state index in [1.165, 1.54) is 10.8 Å². The fourth-order valence-corrected chi connectivity index (χ4v) is 7.38. The summed E-state index contributed by atoms with van der Waals surface area (Å²) in [6.45, 7) is 4.01. The quantitative estimate of drug-likeness (QED) is 0.188. The highest BCUT2D eigenvalue weighted by atomic mass is 15.0. The summed E-state index contributed by atoms with van der Waals surface area (Å²) in [5.41, 5.74) is 11.9. The molecule has 0 unspecified atom stereocenters. The van der Waals surface area contributed by atoms with E-state index in [-0.39, 0.29) is 0 Å². The molecule has 50 heavy (non-hydrogen) atoms. The molecule has 234 valence electrons. The standard InChI is InChI=1S/C45H29N5/c1-3-11-39-29(2)38-24-30(26-46)20-23-43(38)49(39)44-25-31(21-22-32(44)27-47)45-33(28-48)12-10-16-37(45)36-15-6-9-19-42(36)50-40-17-7-4-13-34(40)35-14-5-8-18-41(35)50/h3-25H,1-2H3/b11-3-. The molecule has 0 aliphatic rings. The lowest BCUT2D eigenvalue weighted by Crippen LogP contribution is -2.02. The van der Waals surface area contributed by atoms with Gasteiger partial charge in [0.25, 0.3) is 0 Å². The van der Waals surface area contributed by atoms with Crippen LogP contribution in [0.5, 0.6) is 0 Å². The van der Waals surface area contributed by atoms with Crippen molar-refractivity contribution in [1.82, 2.24) is 9.13 Å². The van der Waals surface area contributed by atoms with Crippen LogP contribution in [-0.4, -0.2) is 9.13 Å². The Morgan fingerprint density at radius 2 is 1.20 bits per heavy atom. The van der Waals surface area contributed by atoms with E-state index in [4.69, 9.17) is 0 Å². The Bertz CT molecular complexity index is 2770. The van der Waals surface area contributed by atoms with E-state index in [9.17, 15) is 15.8 Å². The smallest absolute Gasteiger partial charge is 0.101 e. The van der Waals surface area contributed by atoms with Crippen molar-refractivity contribution in [3.05, 3.63) is 161 Å². The highest BCUT2D eigenvalue weighted by molar-refractivity contribution is 6.10. The second kappa shape index (κ2) is 12.1. The van der Waals surface area contributed by atoms with E-state index >= 15 is 0 Å². The van der Waals surface area contributed by atoms with Gasteiger partial charge in [0.1, 0.15) is 6.07 Å². The van der Waals surface area contributed by atoms with Crippen LogP contribution in [0.2, 0.25) is 0 Å². The fraction of sp³-hybridized carbons (Fsp3) is 0.0444. The van der Waals surface area contributed by atoms with Crippen LogP contribution in [0.4, 0.5) is 0 Å². The van der Waals surface area contributed by atoms with Gasteiger partial charge in [0.15, 0.2) is 0 Å². The summed E-state index contributed by atoms with van der Waals surface area (Å²) in [7, 11) is 0. The number of hydrogen-bond donors (Lipinski definition) is 0. The van der Waals surface area contributed by atoms with Crippen molar-refractivity contribution in [3.63, 3.8) is 0 Å². The van der Waals surface area contributed by atoms with E-state index in [1.807, 2.05) is 80.6 Å². The summed E-state index contributed by atoms with van der Waals surface area (Å²) in [5.74, 6) is 0. The van der Waals surface area contributed by atoms with Crippen LogP contribution in [0, 0.1) is 40.9 Å². The first-order valence-corrected chi connectivity index (χ1v) is 16.4. The number of aromatic nitrogens is 2. The van der Waals surface area contributed by atoms with Crippen molar-refractivity contribution >= 4 is 38.8 Å². The van der Waals surface area contributed by atoms with Gasteiger partial charge in [-0.3, -0.25) is 0 Å². The van der Waals surface area contributed by atoms with Gasteiger partial charge in [0.2, 0.25) is 0 Å². The Kier molecular flexibility index (Phi) is 7.34. The number of rotatable bonds is 5. The van der Waals surface area contributed by atoms with E-state index < -0.39 is 0 Å². The van der Waals surface area contributed by atoms with E-state index in [1.54, 1.807) is 0 Å². The molecule has 8 rings (SSSR count). The van der Waals surface area contributed by atoms with Gasteiger partial charge in [-0.15, -0.1) is 0 Å². The maximum Gasteiger partial charge on any atom is 0.101 e. The van der Waals surface area contributed by atoms with Gasteiger partial charge in [0, 0.05) is 33.0 Å². The van der Waals surface area contributed by atoms with Crippen LogP contribution >= 0.6 is 0 Å². The van der Waals surface area contributed by atoms with Gasteiger partial charge in [0.05, 0.1) is 56.8 Å². The molecular formula is C45H29N5. The van der Waals surface area contributed by atoms with Gasteiger partial charge in [-0.1, -0.05) is 78.9 Å². The van der Waals surface area contributed by atoms with Crippen LogP contribution in [-0.2, 0) is 0 Å². The maximum absolute atomic E-state index is 10.5. The zero-order valence-electron chi connectivity index (χ0n) is 27.5. The van der Waals surface area contributed by atoms with Gasteiger partial charge in [-0.05, 0) is 91.2 Å². The van der Waals surface area contributed by atoms with Crippen molar-refractivity contribution in [2.75, 3.05) is 0 Å². The van der Waals surface area contributed by atoms with Crippen molar-refractivity contribution in [2.24, 2.45) is 0 Å². The molecule has 5 heteroatoms. The third-order valence-corrected chi connectivity index (χ3v) is 9.57. The molecule has 0 atom stereocenters. The first kappa shape index (κ1) is 30.2. The van der Waals surface area contributed by atoms with E-state index in [0.29, 0.717) is 22.4 Å². The van der Waals surface area contributed by atoms with Crippen molar-refractivity contribution in [1.29, 1.82) is 15.8 Å². The summed E-state index contributed by atoms with van der Waals surface area (Å²) in [6.07, 6.45) is 4.01. The Hall–Kier alpha value is -7.13. The molecule has 2 aromatic heterocycles. The molecule has 5 nitrogen and oxygen atoms in total. The number of benzene rings is 6. The summed E-state index contributed by atoms with van der Waals surface area (Å²) < 4.78 is 4.40. The SMILES string of the molecule is C/C=C\c1c(C)c2cc(C#N)ccc2n1-c1cc(-c2c(C#N)cccc2-c2ccccc2-n2c3ccccc3c3ccccc32)ccc1C#N. The zero-order chi connectivity index (χ0) is 34.4. The molecule has 0 aliphatic heterocycles. The minimum Gasteiger partial charge on any atom is -0.309 e. The molecule has 6 aromatic carbocycles. The number of nitrogens with zero attached hydrogens (tertiary/aromatic N) is 5. The molecule has 0 aliphatic carbocycles. The number of aryl methyl sites for hydroxylation is 1. The third kappa shape index (κ3) is 4.60. The highest BCUT2D eigenvalue weighted by Gasteiger charge is 2.22. The lowest BCUT2D eigenvalue weighted by Gasteiger charge is -2.19. The first-order valence-electron chi connectivity index (χ1n) is 16.4. The molecular weight excluding hydrogens is 611 g/mol. The van der Waals surface area contributed by atoms with Crippen molar-refractivity contribution in [2.45, 2.75) is 13.8 Å². The normalized spacial score (nSPS) is 11.3. The Labute approximate surface area is 290 Å². The minimum absolute atomic E-state index is 0.502. The Morgan fingerprint density at radius 3 is 1.90 bits per heavy atom. The minimum atomic E-state index is 0.502. The molecule has 0 fully saturated rings. The molecule has 8 aromatic rings. The summed E-state index contributed by atoms with van der Waals surface area (Å²) in [5, 5.41) is 33.9. The molecule has 0 bridgehead atoms. The lowest BCUT2D eigenvalue weighted by molar-refractivity contribution is 1.09. The molecule has 0 saturated heterocycles. The number of nitriles is 3. The van der Waals surface area contributed by atoms with E-state index in [0.717, 1.165) is 61.1 Å². The third-order valence-electron chi connectivity index (χ3n) is 9.57. The fourth-order valence-electron chi connectivity index (χ4n) is 7.38. The number of allylic oxidation sites excluding steroid dienone is 1. The summed E-state index contributed by atoms with van der Waals surface area (Å²) in [6, 6.07) is 49.7. The first-order chi connectivity index (χ1) is 24.6. The van der Waals surface area contributed by atoms with Gasteiger partial charge >= 0.3 is 0 Å². The second-order valence-electron chi connectivity index (χ2n) is 12.3. The summed E-state index contributed by atoms with van der Waals surface area (Å²) in [4.78, 5) is 0. The van der Waals surface area contributed by atoms with Crippen molar-refractivity contribution < 1.29 is 0 Å². The van der Waals surface area contributed by atoms with Crippen LogP contribution in [0.15, 0.2) is 133 Å². The number of fused-ring (bicyclic) bond motifs is 4. The van der Waals surface area contributed by atoms with Crippen molar-refractivity contribution in [3.8, 4) is 51.8 Å². The van der Waals surface area contributed by atoms with Gasteiger partial charge in [-0.2, -0.15) is 15.8 Å². The topological polar surface area (TPSA) is 81.2 Å². The second-order valence-corrected chi connectivity index (χ2v) is 12.3. The van der Waals surface area contributed by atoms with E-state index in [2.05, 4.69) is 100 Å². The molecule has 0 saturated carbocycles. The average molecular weight is 640 g/mol. The number of para-hydroxylation sites is 3. The Balaban J connectivity index is 1.41. The van der Waals surface area contributed by atoms with Crippen LogP contribution in [0.1, 0.15) is 34.9 Å². The Morgan fingerprint density at radius 1 is 0.540 bits per heavy atom.